The third-order valence-corrected chi connectivity index (χ3v) is 4.77. The van der Waals surface area contributed by atoms with Crippen LogP contribution in [0.5, 0.6) is 0 Å². The number of nitrogens with two attached hydrogens (primary N) is 1. The van der Waals surface area contributed by atoms with E-state index in [0.717, 1.165) is 18.3 Å². The summed E-state index contributed by atoms with van der Waals surface area (Å²) in [5, 5.41) is 3.24. The first-order valence-corrected chi connectivity index (χ1v) is 7.31. The lowest BCUT2D eigenvalue weighted by atomic mass is 9.77. The van der Waals surface area contributed by atoms with Crippen molar-refractivity contribution < 1.29 is 0 Å². The molecule has 1 unspecified atom stereocenters. The van der Waals surface area contributed by atoms with Gasteiger partial charge in [0, 0.05) is 24.0 Å². The second kappa shape index (κ2) is 5.78. The number of nitrogens with zero attached hydrogens (tertiary/aromatic N) is 1. The minimum atomic E-state index is 0.323. The Bertz CT molecular complexity index is 289. The molecule has 1 aliphatic rings. The minimum Gasteiger partial charge on any atom is -0.327 e. The van der Waals surface area contributed by atoms with Gasteiger partial charge in [0.25, 0.3) is 0 Å². The molecule has 1 aliphatic carbocycles. The van der Waals surface area contributed by atoms with E-state index in [2.05, 4.69) is 11.9 Å². The molecule has 16 heavy (non-hydrogen) atoms. The molecule has 1 atom stereocenters. The lowest BCUT2D eigenvalue weighted by Crippen LogP contribution is -2.34. The Morgan fingerprint density at radius 1 is 1.44 bits per heavy atom. The Kier molecular flexibility index (Phi) is 4.36. The molecule has 2 N–H and O–H groups in total. The highest BCUT2D eigenvalue weighted by Gasteiger charge is 2.25. The molecular weight excluding hydrogens is 216 g/mol. The van der Waals surface area contributed by atoms with E-state index in [1.165, 1.54) is 37.1 Å². The van der Waals surface area contributed by atoms with Gasteiger partial charge in [-0.2, -0.15) is 0 Å². The van der Waals surface area contributed by atoms with E-state index in [9.17, 15) is 0 Å². The van der Waals surface area contributed by atoms with Crippen molar-refractivity contribution in [3.05, 3.63) is 16.6 Å². The Balaban J connectivity index is 1.80. The van der Waals surface area contributed by atoms with Crippen molar-refractivity contribution in [2.75, 3.05) is 0 Å². The molecule has 0 radical (unpaired) electrons. The molecule has 0 aromatic carbocycles. The smallest absolute Gasteiger partial charge is 0.0940 e. The summed E-state index contributed by atoms with van der Waals surface area (Å²) in [6.45, 7) is 2.31. The van der Waals surface area contributed by atoms with Crippen molar-refractivity contribution in [2.24, 2.45) is 17.6 Å². The van der Waals surface area contributed by atoms with E-state index in [1.54, 1.807) is 11.3 Å². The van der Waals surface area contributed by atoms with Gasteiger partial charge in [-0.15, -0.1) is 11.3 Å². The summed E-state index contributed by atoms with van der Waals surface area (Å²) in [7, 11) is 0. The van der Waals surface area contributed by atoms with E-state index in [1.807, 2.05) is 11.6 Å². The maximum absolute atomic E-state index is 6.29. The summed E-state index contributed by atoms with van der Waals surface area (Å²) in [4.78, 5) is 4.32. The fourth-order valence-corrected chi connectivity index (χ4v) is 3.44. The van der Waals surface area contributed by atoms with Crippen LogP contribution in [-0.4, -0.2) is 11.0 Å². The summed E-state index contributed by atoms with van der Waals surface area (Å²) in [5.74, 6) is 1.69. The van der Waals surface area contributed by atoms with Gasteiger partial charge in [-0.1, -0.05) is 26.2 Å². The minimum absolute atomic E-state index is 0.323. The fraction of sp³-hybridized carbons (Fsp3) is 0.769. The highest BCUT2D eigenvalue weighted by atomic mass is 32.1. The molecule has 1 aromatic heterocycles. The van der Waals surface area contributed by atoms with Crippen molar-refractivity contribution >= 4 is 11.3 Å². The molecule has 2 nitrogen and oxygen atoms in total. The van der Waals surface area contributed by atoms with Crippen LogP contribution in [0.3, 0.4) is 0 Å². The first-order valence-electron chi connectivity index (χ1n) is 6.43. The second-order valence-electron chi connectivity index (χ2n) is 4.98. The Morgan fingerprint density at radius 2 is 2.19 bits per heavy atom. The number of hydrogen-bond acceptors (Lipinski definition) is 3. The van der Waals surface area contributed by atoms with Crippen molar-refractivity contribution in [1.82, 2.24) is 4.98 Å². The van der Waals surface area contributed by atoms with Crippen LogP contribution in [0.2, 0.25) is 0 Å². The van der Waals surface area contributed by atoms with Crippen LogP contribution in [-0.2, 0) is 6.42 Å². The van der Waals surface area contributed by atoms with Gasteiger partial charge in [0.05, 0.1) is 5.01 Å². The van der Waals surface area contributed by atoms with Crippen LogP contribution < -0.4 is 5.73 Å². The summed E-state index contributed by atoms with van der Waals surface area (Å²) >= 11 is 1.73. The predicted octanol–water partition coefficient (Wildman–Crippen LogP) is 3.23. The van der Waals surface area contributed by atoms with Crippen LogP contribution in [0.1, 0.15) is 44.0 Å². The van der Waals surface area contributed by atoms with Crippen LogP contribution >= 0.6 is 11.3 Å². The topological polar surface area (TPSA) is 38.9 Å². The highest BCUT2D eigenvalue weighted by Crippen LogP contribution is 2.32. The molecule has 2 rings (SSSR count). The zero-order valence-electron chi connectivity index (χ0n) is 10.1. The first-order chi connectivity index (χ1) is 7.79. The van der Waals surface area contributed by atoms with Crippen molar-refractivity contribution in [2.45, 2.75) is 51.5 Å². The molecule has 1 heterocycles. The van der Waals surface area contributed by atoms with E-state index < -0.39 is 0 Å². The standard InChI is InChI=1S/C13H22N2S/c1-2-10-3-5-11(6-4-10)12(14)9-13-15-7-8-16-13/h7-8,10-12H,2-6,9,14H2,1H3. The molecule has 1 fully saturated rings. The molecule has 3 heteroatoms. The van der Waals surface area contributed by atoms with Gasteiger partial charge in [-0.25, -0.2) is 4.98 Å². The molecule has 1 aromatic rings. The monoisotopic (exact) mass is 238 g/mol. The van der Waals surface area contributed by atoms with E-state index in [4.69, 9.17) is 5.73 Å². The maximum Gasteiger partial charge on any atom is 0.0940 e. The molecular formula is C13H22N2S. The van der Waals surface area contributed by atoms with Crippen LogP contribution in [0.4, 0.5) is 0 Å². The average molecular weight is 238 g/mol. The van der Waals surface area contributed by atoms with Crippen LogP contribution in [0, 0.1) is 11.8 Å². The quantitative estimate of drug-likeness (QED) is 0.874. The Hall–Kier alpha value is -0.410. The average Bonchev–Trinajstić information content (AvgIpc) is 2.82. The zero-order valence-corrected chi connectivity index (χ0v) is 10.9. The molecule has 1 saturated carbocycles. The number of rotatable bonds is 4. The highest BCUT2D eigenvalue weighted by molar-refractivity contribution is 7.09. The van der Waals surface area contributed by atoms with Crippen molar-refractivity contribution in [3.8, 4) is 0 Å². The molecule has 0 aliphatic heterocycles. The van der Waals surface area contributed by atoms with Crippen LogP contribution in [0.25, 0.3) is 0 Å². The molecule has 90 valence electrons. The summed E-state index contributed by atoms with van der Waals surface area (Å²) < 4.78 is 0. The van der Waals surface area contributed by atoms with Gasteiger partial charge in [0.2, 0.25) is 0 Å². The lowest BCUT2D eigenvalue weighted by molar-refractivity contribution is 0.238. The molecule has 0 bridgehead atoms. The maximum atomic E-state index is 6.29. The SMILES string of the molecule is CCC1CCC(C(N)Cc2nccs2)CC1. The van der Waals surface area contributed by atoms with E-state index in [0.29, 0.717) is 6.04 Å². The third kappa shape index (κ3) is 3.05. The lowest BCUT2D eigenvalue weighted by Gasteiger charge is -2.31. The van der Waals surface area contributed by atoms with Crippen molar-refractivity contribution in [1.29, 1.82) is 0 Å². The van der Waals surface area contributed by atoms with E-state index >= 15 is 0 Å². The van der Waals surface area contributed by atoms with Crippen molar-refractivity contribution in [3.63, 3.8) is 0 Å². The van der Waals surface area contributed by atoms with Gasteiger partial charge >= 0.3 is 0 Å². The van der Waals surface area contributed by atoms with Gasteiger partial charge in [0.1, 0.15) is 0 Å². The third-order valence-electron chi connectivity index (χ3n) is 3.97. The first kappa shape index (κ1) is 12.1. The Labute approximate surface area is 102 Å². The largest absolute Gasteiger partial charge is 0.327 e. The fourth-order valence-electron chi connectivity index (χ4n) is 2.75. The number of hydrogen-bond donors (Lipinski definition) is 1. The van der Waals surface area contributed by atoms with Gasteiger partial charge in [-0.3, -0.25) is 0 Å². The zero-order chi connectivity index (χ0) is 11.4. The number of aromatic nitrogens is 1. The molecule has 0 spiro atoms. The summed E-state index contributed by atoms with van der Waals surface area (Å²) in [5.41, 5.74) is 6.29. The normalized spacial score (nSPS) is 27.9. The number of thiazole rings is 1. The molecule has 0 saturated heterocycles. The molecule has 0 amide bonds. The van der Waals surface area contributed by atoms with Gasteiger partial charge in [-0.05, 0) is 24.7 Å². The Morgan fingerprint density at radius 3 is 2.75 bits per heavy atom. The van der Waals surface area contributed by atoms with E-state index in [-0.39, 0.29) is 0 Å². The summed E-state index contributed by atoms with van der Waals surface area (Å²) in [6.07, 6.45) is 9.60. The van der Waals surface area contributed by atoms with Crippen LogP contribution in [0.15, 0.2) is 11.6 Å². The second-order valence-corrected chi connectivity index (χ2v) is 5.96. The predicted molar refractivity (Wildman–Crippen MR) is 69.5 cm³/mol. The van der Waals surface area contributed by atoms with Gasteiger partial charge in [0.15, 0.2) is 0 Å². The van der Waals surface area contributed by atoms with Gasteiger partial charge < -0.3 is 5.73 Å². The summed E-state index contributed by atoms with van der Waals surface area (Å²) in [6, 6.07) is 0.323.